The van der Waals surface area contributed by atoms with E-state index in [1.54, 1.807) is 33.8 Å². The van der Waals surface area contributed by atoms with Gasteiger partial charge in [-0.05, 0) is 70.4 Å². The van der Waals surface area contributed by atoms with Gasteiger partial charge in [-0.3, -0.25) is 14.3 Å². The Morgan fingerprint density at radius 3 is 2.46 bits per heavy atom. The number of carbonyl (C=O) groups is 2. The van der Waals surface area contributed by atoms with Gasteiger partial charge in [-0.2, -0.15) is 10.4 Å². The van der Waals surface area contributed by atoms with E-state index in [1.807, 2.05) is 65.0 Å². The van der Waals surface area contributed by atoms with Crippen LogP contribution >= 0.6 is 0 Å². The topological polar surface area (TPSA) is 109 Å². The quantitative estimate of drug-likeness (QED) is 0.554. The molecule has 1 aromatic heterocycles. The fourth-order valence-electron chi connectivity index (χ4n) is 4.57. The third-order valence-electron chi connectivity index (χ3n) is 7.33. The summed E-state index contributed by atoms with van der Waals surface area (Å²) in [5.74, 6) is -0.772. The van der Waals surface area contributed by atoms with E-state index < -0.39 is 24.2 Å². The maximum atomic E-state index is 13.7. The van der Waals surface area contributed by atoms with Crippen molar-refractivity contribution in [2.75, 3.05) is 10.2 Å². The number of hydrogen-bond donors (Lipinski definition) is 1. The van der Waals surface area contributed by atoms with Crippen LogP contribution in [0.4, 0.5) is 11.4 Å². The van der Waals surface area contributed by atoms with Gasteiger partial charge in [-0.1, -0.05) is 18.2 Å². The molecule has 2 aromatic carbocycles. The molecule has 1 saturated heterocycles. The van der Waals surface area contributed by atoms with E-state index in [2.05, 4.69) is 10.4 Å². The summed E-state index contributed by atoms with van der Waals surface area (Å²) >= 11 is 0. The Morgan fingerprint density at radius 2 is 1.81 bits per heavy atom. The average Bonchev–Trinajstić information content (AvgIpc) is 3.37. The van der Waals surface area contributed by atoms with Crippen LogP contribution in [0.25, 0.3) is 0 Å². The van der Waals surface area contributed by atoms with Crippen molar-refractivity contribution in [3.8, 4) is 6.07 Å². The zero-order valence-corrected chi connectivity index (χ0v) is 21.5. The highest BCUT2D eigenvalue weighted by Gasteiger charge is 2.51. The van der Waals surface area contributed by atoms with Crippen LogP contribution in [-0.2, 0) is 15.9 Å². The minimum atomic E-state index is -0.496. The van der Waals surface area contributed by atoms with Crippen LogP contribution < -0.4 is 15.7 Å². The summed E-state index contributed by atoms with van der Waals surface area (Å²) in [6.45, 7) is 10.4. The Morgan fingerprint density at radius 1 is 1.14 bits per heavy atom. The number of aromatic nitrogens is 2. The summed E-state index contributed by atoms with van der Waals surface area (Å²) in [6, 6.07) is 16.0. The molecule has 0 saturated carbocycles. The molecule has 1 fully saturated rings. The van der Waals surface area contributed by atoms with Gasteiger partial charge in [0, 0.05) is 11.4 Å². The lowest BCUT2D eigenvalue weighted by Gasteiger charge is -2.34. The SMILES string of the molecule is C[C@H]1Cn2ncc(C(=O)Nc3cccc(C#N)c3)c2C(=O)N1c1ccc(B2OC(C)(C)C(C)(C)O2)cc1. The second kappa shape index (κ2) is 8.87. The van der Waals surface area contributed by atoms with Crippen molar-refractivity contribution in [1.29, 1.82) is 5.26 Å². The van der Waals surface area contributed by atoms with Gasteiger partial charge in [0.05, 0.1) is 47.2 Å². The molecule has 0 spiro atoms. The monoisotopic (exact) mass is 497 g/mol. The van der Waals surface area contributed by atoms with Crippen LogP contribution in [0.15, 0.2) is 54.7 Å². The Kier molecular flexibility index (Phi) is 5.93. The van der Waals surface area contributed by atoms with Gasteiger partial charge in [-0.25, -0.2) is 0 Å². The molecule has 2 aliphatic heterocycles. The Balaban J connectivity index is 1.39. The van der Waals surface area contributed by atoms with Crippen LogP contribution in [0.5, 0.6) is 0 Å². The zero-order valence-electron chi connectivity index (χ0n) is 21.5. The second-order valence-electron chi connectivity index (χ2n) is 10.4. The van der Waals surface area contributed by atoms with Crippen molar-refractivity contribution in [1.82, 2.24) is 9.78 Å². The van der Waals surface area contributed by atoms with Crippen molar-refractivity contribution in [3.63, 3.8) is 0 Å². The first-order valence-corrected chi connectivity index (χ1v) is 12.2. The van der Waals surface area contributed by atoms with Crippen LogP contribution in [0.2, 0.25) is 0 Å². The molecule has 3 aromatic rings. The minimum Gasteiger partial charge on any atom is -0.399 e. The third kappa shape index (κ3) is 4.30. The van der Waals surface area contributed by atoms with Crippen molar-refractivity contribution in [3.05, 3.63) is 71.5 Å². The Labute approximate surface area is 216 Å². The van der Waals surface area contributed by atoms with Crippen LogP contribution in [0.3, 0.4) is 0 Å². The highest BCUT2D eigenvalue weighted by Crippen LogP contribution is 2.36. The number of carbonyl (C=O) groups excluding carboxylic acids is 2. The molecule has 0 aliphatic carbocycles. The van der Waals surface area contributed by atoms with E-state index in [9.17, 15) is 9.59 Å². The number of nitriles is 1. The normalized spacial score (nSPS) is 19.9. The lowest BCUT2D eigenvalue weighted by atomic mass is 9.79. The fraction of sp³-hybridized carbons (Fsp3) is 0.333. The molecule has 37 heavy (non-hydrogen) atoms. The van der Waals surface area contributed by atoms with Crippen molar-refractivity contribution >= 4 is 35.8 Å². The average molecular weight is 497 g/mol. The van der Waals surface area contributed by atoms with E-state index in [-0.39, 0.29) is 23.2 Å². The van der Waals surface area contributed by atoms with E-state index in [4.69, 9.17) is 14.6 Å². The number of fused-ring (bicyclic) bond motifs is 1. The smallest absolute Gasteiger partial charge is 0.399 e. The number of anilines is 2. The maximum absolute atomic E-state index is 13.7. The number of amides is 2. The Bertz CT molecular complexity index is 1410. The first kappa shape index (κ1) is 24.7. The van der Waals surface area contributed by atoms with Crippen molar-refractivity contribution in [2.24, 2.45) is 0 Å². The molecular formula is C27H28BN5O4. The third-order valence-corrected chi connectivity index (χ3v) is 7.33. The minimum absolute atomic E-state index is 0.175. The van der Waals surface area contributed by atoms with Crippen LogP contribution in [0, 0.1) is 11.3 Å². The lowest BCUT2D eigenvalue weighted by Crippen LogP contribution is -2.47. The number of hydrogen-bond acceptors (Lipinski definition) is 6. The molecule has 5 rings (SSSR count). The van der Waals surface area contributed by atoms with E-state index >= 15 is 0 Å². The first-order chi connectivity index (χ1) is 17.5. The molecule has 0 unspecified atom stereocenters. The highest BCUT2D eigenvalue weighted by atomic mass is 16.7. The molecule has 9 nitrogen and oxygen atoms in total. The molecule has 2 aliphatic rings. The summed E-state index contributed by atoms with van der Waals surface area (Å²) < 4.78 is 13.9. The molecule has 10 heteroatoms. The van der Waals surface area contributed by atoms with E-state index in [0.717, 1.165) is 5.46 Å². The second-order valence-corrected chi connectivity index (χ2v) is 10.4. The molecule has 3 heterocycles. The van der Waals surface area contributed by atoms with Gasteiger partial charge in [-0.15, -0.1) is 0 Å². The number of benzene rings is 2. The largest absolute Gasteiger partial charge is 0.494 e. The molecule has 1 atom stereocenters. The molecule has 2 amide bonds. The standard InChI is InChI=1S/C27H28BN5O4/c1-17-16-32-23(22(15-30-32)24(34)31-20-8-6-7-18(13-20)14-29)25(35)33(17)21-11-9-19(10-12-21)28-36-26(2,3)27(4,5)37-28/h6-13,15,17H,16H2,1-5H3,(H,31,34)/t17-/m0/s1. The summed E-state index contributed by atoms with van der Waals surface area (Å²) in [5, 5.41) is 16.2. The summed E-state index contributed by atoms with van der Waals surface area (Å²) in [5.41, 5.74) is 1.98. The van der Waals surface area contributed by atoms with Crippen LogP contribution in [0.1, 0.15) is 61.0 Å². The lowest BCUT2D eigenvalue weighted by molar-refractivity contribution is 0.00578. The number of nitrogens with zero attached hydrogens (tertiary/aromatic N) is 4. The van der Waals surface area contributed by atoms with Crippen molar-refractivity contribution in [2.45, 2.75) is 58.4 Å². The van der Waals surface area contributed by atoms with E-state index in [0.29, 0.717) is 23.5 Å². The van der Waals surface area contributed by atoms with E-state index in [1.165, 1.54) is 6.20 Å². The summed E-state index contributed by atoms with van der Waals surface area (Å²) in [6.07, 6.45) is 1.41. The molecule has 188 valence electrons. The van der Waals surface area contributed by atoms with Gasteiger partial charge >= 0.3 is 7.12 Å². The van der Waals surface area contributed by atoms with Crippen LogP contribution in [-0.4, -0.2) is 46.0 Å². The predicted molar refractivity (Wildman–Crippen MR) is 140 cm³/mol. The van der Waals surface area contributed by atoms with Gasteiger partial charge in [0.2, 0.25) is 0 Å². The first-order valence-electron chi connectivity index (χ1n) is 12.2. The van der Waals surface area contributed by atoms with Gasteiger partial charge in [0.25, 0.3) is 11.8 Å². The zero-order chi connectivity index (χ0) is 26.5. The molecule has 0 radical (unpaired) electrons. The highest BCUT2D eigenvalue weighted by molar-refractivity contribution is 6.62. The fourth-order valence-corrected chi connectivity index (χ4v) is 4.57. The Hall–Kier alpha value is -3.94. The number of nitrogens with one attached hydrogen (secondary N) is 1. The molecule has 1 N–H and O–H groups in total. The van der Waals surface area contributed by atoms with Gasteiger partial charge in [0.15, 0.2) is 0 Å². The van der Waals surface area contributed by atoms with Crippen molar-refractivity contribution < 1.29 is 18.9 Å². The molecular weight excluding hydrogens is 469 g/mol. The summed E-state index contributed by atoms with van der Waals surface area (Å²) in [7, 11) is -0.496. The van der Waals surface area contributed by atoms with Gasteiger partial charge < -0.3 is 19.5 Å². The summed E-state index contributed by atoms with van der Waals surface area (Å²) in [4.78, 5) is 28.4. The maximum Gasteiger partial charge on any atom is 0.494 e. The van der Waals surface area contributed by atoms with Gasteiger partial charge in [0.1, 0.15) is 5.69 Å². The predicted octanol–water partition coefficient (Wildman–Crippen LogP) is 3.36. The number of rotatable bonds is 4. The molecule has 0 bridgehead atoms.